The summed E-state index contributed by atoms with van der Waals surface area (Å²) in [6.07, 6.45) is 0. The summed E-state index contributed by atoms with van der Waals surface area (Å²) in [6, 6.07) is 18.7. The molecule has 0 aliphatic carbocycles. The van der Waals surface area contributed by atoms with Crippen molar-refractivity contribution in [1.29, 1.82) is 0 Å². The van der Waals surface area contributed by atoms with Crippen molar-refractivity contribution < 1.29 is 9.90 Å². The standard InChI is InChI=1S/C19H15ClN2O2/c1-12(14-7-6-13-4-2-3-5-15(13)10-14)21-22-18-11-16(19(23)24)8-9-17(18)20/h2-11,22H,1H3,(H,23,24)/b21-12+. The topological polar surface area (TPSA) is 61.7 Å². The zero-order valence-corrected chi connectivity index (χ0v) is 13.7. The first-order valence-corrected chi connectivity index (χ1v) is 7.75. The summed E-state index contributed by atoms with van der Waals surface area (Å²) in [5.74, 6) is -1.01. The minimum Gasteiger partial charge on any atom is -0.478 e. The third kappa shape index (κ3) is 3.39. The summed E-state index contributed by atoms with van der Waals surface area (Å²) in [7, 11) is 0. The van der Waals surface area contributed by atoms with Gasteiger partial charge in [-0.05, 0) is 47.5 Å². The molecule has 4 nitrogen and oxygen atoms in total. The number of benzene rings is 3. The molecule has 120 valence electrons. The van der Waals surface area contributed by atoms with E-state index in [0.717, 1.165) is 16.7 Å². The molecule has 0 fully saturated rings. The fourth-order valence-corrected chi connectivity index (χ4v) is 2.53. The van der Waals surface area contributed by atoms with E-state index >= 15 is 0 Å². The van der Waals surface area contributed by atoms with Gasteiger partial charge in [0.05, 0.1) is 22.0 Å². The van der Waals surface area contributed by atoms with Crippen LogP contribution in [0.25, 0.3) is 10.8 Å². The number of carbonyl (C=O) groups is 1. The molecule has 3 rings (SSSR count). The van der Waals surface area contributed by atoms with Crippen LogP contribution in [-0.2, 0) is 0 Å². The van der Waals surface area contributed by atoms with Crippen LogP contribution in [0.1, 0.15) is 22.8 Å². The van der Waals surface area contributed by atoms with Crippen molar-refractivity contribution >= 4 is 39.7 Å². The fraction of sp³-hybridized carbons (Fsp3) is 0.0526. The molecule has 5 heteroatoms. The number of nitrogens with one attached hydrogen (secondary N) is 1. The molecule has 0 heterocycles. The number of hydrogen-bond acceptors (Lipinski definition) is 3. The van der Waals surface area contributed by atoms with Crippen LogP contribution < -0.4 is 5.43 Å². The van der Waals surface area contributed by atoms with Crippen LogP contribution in [0.5, 0.6) is 0 Å². The first-order valence-electron chi connectivity index (χ1n) is 7.37. The van der Waals surface area contributed by atoms with Gasteiger partial charge in [-0.25, -0.2) is 4.79 Å². The normalized spacial score (nSPS) is 11.5. The Labute approximate surface area is 144 Å². The lowest BCUT2D eigenvalue weighted by molar-refractivity contribution is 0.0697. The number of halogens is 1. The summed E-state index contributed by atoms with van der Waals surface area (Å²) >= 11 is 6.08. The quantitative estimate of drug-likeness (QED) is 0.518. The Balaban J connectivity index is 1.88. The second-order valence-electron chi connectivity index (χ2n) is 5.37. The molecule has 0 saturated heterocycles. The smallest absolute Gasteiger partial charge is 0.335 e. The molecular formula is C19H15ClN2O2. The Morgan fingerprint density at radius 1 is 1.00 bits per heavy atom. The Morgan fingerprint density at radius 2 is 1.71 bits per heavy atom. The monoisotopic (exact) mass is 338 g/mol. The van der Waals surface area contributed by atoms with Crippen molar-refractivity contribution in [3.05, 3.63) is 76.8 Å². The lowest BCUT2D eigenvalue weighted by Gasteiger charge is -2.07. The molecule has 0 aliphatic heterocycles. The minimum atomic E-state index is -1.01. The highest BCUT2D eigenvalue weighted by Crippen LogP contribution is 2.23. The average Bonchev–Trinajstić information content (AvgIpc) is 2.60. The third-order valence-corrected chi connectivity index (χ3v) is 4.05. The molecule has 0 bridgehead atoms. The van der Waals surface area contributed by atoms with E-state index in [2.05, 4.69) is 22.7 Å². The maximum Gasteiger partial charge on any atom is 0.335 e. The van der Waals surface area contributed by atoms with Crippen molar-refractivity contribution in [2.75, 3.05) is 5.43 Å². The molecule has 3 aromatic carbocycles. The molecule has 0 radical (unpaired) electrons. The van der Waals surface area contributed by atoms with Gasteiger partial charge >= 0.3 is 5.97 Å². The zero-order chi connectivity index (χ0) is 17.1. The summed E-state index contributed by atoms with van der Waals surface area (Å²) in [5.41, 5.74) is 5.21. The van der Waals surface area contributed by atoms with Gasteiger partial charge in [-0.3, -0.25) is 5.43 Å². The van der Waals surface area contributed by atoms with E-state index in [9.17, 15) is 4.79 Å². The molecule has 0 spiro atoms. The highest BCUT2D eigenvalue weighted by atomic mass is 35.5. The molecule has 24 heavy (non-hydrogen) atoms. The van der Waals surface area contributed by atoms with Gasteiger partial charge < -0.3 is 5.11 Å². The fourth-order valence-electron chi connectivity index (χ4n) is 2.37. The highest BCUT2D eigenvalue weighted by Gasteiger charge is 2.07. The lowest BCUT2D eigenvalue weighted by Crippen LogP contribution is -2.02. The van der Waals surface area contributed by atoms with Gasteiger partial charge in [0.1, 0.15) is 0 Å². The number of nitrogens with zero attached hydrogens (tertiary/aromatic N) is 1. The van der Waals surface area contributed by atoms with Gasteiger partial charge in [0.15, 0.2) is 0 Å². The third-order valence-electron chi connectivity index (χ3n) is 3.72. The molecule has 0 unspecified atom stereocenters. The van der Waals surface area contributed by atoms with Gasteiger partial charge in [-0.2, -0.15) is 5.10 Å². The number of hydrogen-bond donors (Lipinski definition) is 2. The summed E-state index contributed by atoms with van der Waals surface area (Å²) < 4.78 is 0. The van der Waals surface area contributed by atoms with Crippen LogP contribution in [0, 0.1) is 0 Å². The molecule has 3 aromatic rings. The predicted molar refractivity (Wildman–Crippen MR) is 98.2 cm³/mol. The van der Waals surface area contributed by atoms with Gasteiger partial charge in [0.2, 0.25) is 0 Å². The van der Waals surface area contributed by atoms with E-state index in [1.807, 2.05) is 37.3 Å². The first kappa shape index (κ1) is 16.0. The second kappa shape index (κ2) is 6.72. The van der Waals surface area contributed by atoms with E-state index in [1.165, 1.54) is 23.6 Å². The van der Waals surface area contributed by atoms with E-state index in [-0.39, 0.29) is 5.56 Å². The summed E-state index contributed by atoms with van der Waals surface area (Å²) in [4.78, 5) is 11.0. The van der Waals surface area contributed by atoms with Gasteiger partial charge in [0.25, 0.3) is 0 Å². The van der Waals surface area contributed by atoms with E-state index < -0.39 is 5.97 Å². The largest absolute Gasteiger partial charge is 0.478 e. The second-order valence-corrected chi connectivity index (χ2v) is 5.78. The number of carboxylic acids is 1. The molecule has 0 amide bonds. The van der Waals surface area contributed by atoms with Crippen LogP contribution >= 0.6 is 11.6 Å². The Hall–Kier alpha value is -2.85. The van der Waals surface area contributed by atoms with E-state index in [4.69, 9.17) is 16.7 Å². The number of hydrazone groups is 1. The van der Waals surface area contributed by atoms with Gasteiger partial charge in [0, 0.05) is 0 Å². The van der Waals surface area contributed by atoms with E-state index in [1.54, 1.807) is 0 Å². The number of fused-ring (bicyclic) bond motifs is 1. The SMILES string of the molecule is C/C(=N\Nc1cc(C(=O)O)ccc1Cl)c1ccc2ccccc2c1. The maximum absolute atomic E-state index is 11.0. The lowest BCUT2D eigenvalue weighted by atomic mass is 10.0. The Morgan fingerprint density at radius 3 is 2.46 bits per heavy atom. The number of aromatic carboxylic acids is 1. The maximum atomic E-state index is 11.0. The molecule has 0 aliphatic rings. The van der Waals surface area contributed by atoms with Crippen molar-refractivity contribution in [2.45, 2.75) is 6.92 Å². The van der Waals surface area contributed by atoms with Crippen LogP contribution in [0.3, 0.4) is 0 Å². The summed E-state index contributed by atoms with van der Waals surface area (Å²) in [5, 5.41) is 16.1. The molecule has 0 atom stereocenters. The van der Waals surface area contributed by atoms with Crippen molar-refractivity contribution in [3.8, 4) is 0 Å². The van der Waals surface area contributed by atoms with Crippen molar-refractivity contribution in [2.24, 2.45) is 5.10 Å². The van der Waals surface area contributed by atoms with Crippen LogP contribution in [-0.4, -0.2) is 16.8 Å². The van der Waals surface area contributed by atoms with Gasteiger partial charge in [-0.15, -0.1) is 0 Å². The first-order chi connectivity index (χ1) is 11.5. The minimum absolute atomic E-state index is 0.153. The molecule has 0 aromatic heterocycles. The average molecular weight is 339 g/mol. The highest BCUT2D eigenvalue weighted by molar-refractivity contribution is 6.33. The van der Waals surface area contributed by atoms with Crippen LogP contribution in [0.15, 0.2) is 65.8 Å². The number of rotatable bonds is 4. The Bertz CT molecular complexity index is 951. The molecule has 2 N–H and O–H groups in total. The number of anilines is 1. The Kier molecular flexibility index (Phi) is 4.49. The van der Waals surface area contributed by atoms with Crippen molar-refractivity contribution in [3.63, 3.8) is 0 Å². The van der Waals surface area contributed by atoms with Crippen LogP contribution in [0.4, 0.5) is 5.69 Å². The van der Waals surface area contributed by atoms with E-state index in [0.29, 0.717) is 10.7 Å². The molecule has 0 saturated carbocycles. The van der Waals surface area contributed by atoms with Gasteiger partial charge in [-0.1, -0.05) is 48.0 Å². The zero-order valence-electron chi connectivity index (χ0n) is 13.0. The van der Waals surface area contributed by atoms with Crippen molar-refractivity contribution in [1.82, 2.24) is 0 Å². The van der Waals surface area contributed by atoms with Crippen LogP contribution in [0.2, 0.25) is 5.02 Å². The number of carboxylic acid groups (broad SMARTS) is 1. The predicted octanol–water partition coefficient (Wildman–Crippen LogP) is 5.03. The molecular weight excluding hydrogens is 324 g/mol. The summed E-state index contributed by atoms with van der Waals surface area (Å²) in [6.45, 7) is 1.88.